The van der Waals surface area contributed by atoms with Crippen LogP contribution in [0.25, 0.3) is 0 Å². The van der Waals surface area contributed by atoms with Gasteiger partial charge in [0, 0.05) is 13.1 Å². The molecule has 0 saturated carbocycles. The summed E-state index contributed by atoms with van der Waals surface area (Å²) in [5.41, 5.74) is -0.727. The van der Waals surface area contributed by atoms with Crippen molar-refractivity contribution in [1.29, 1.82) is 0 Å². The highest BCUT2D eigenvalue weighted by Crippen LogP contribution is 2.12. The SMILES string of the molecule is CCNC1(OC(C)=O)C=CC=NC1. The van der Waals surface area contributed by atoms with Crippen LogP contribution in [0.3, 0.4) is 0 Å². The van der Waals surface area contributed by atoms with Crippen molar-refractivity contribution >= 4 is 12.2 Å². The zero-order valence-corrected chi connectivity index (χ0v) is 7.91. The normalized spacial score (nSPS) is 26.0. The number of carbonyl (C=O) groups is 1. The Morgan fingerprint density at radius 3 is 3.00 bits per heavy atom. The fourth-order valence-corrected chi connectivity index (χ4v) is 1.27. The van der Waals surface area contributed by atoms with E-state index in [4.69, 9.17) is 4.74 Å². The Morgan fingerprint density at radius 2 is 2.54 bits per heavy atom. The van der Waals surface area contributed by atoms with Crippen molar-refractivity contribution in [3.05, 3.63) is 12.2 Å². The lowest BCUT2D eigenvalue weighted by atomic mass is 10.1. The van der Waals surface area contributed by atoms with E-state index >= 15 is 0 Å². The van der Waals surface area contributed by atoms with Crippen molar-refractivity contribution in [1.82, 2.24) is 5.32 Å². The van der Waals surface area contributed by atoms with E-state index in [0.717, 1.165) is 6.54 Å². The van der Waals surface area contributed by atoms with Crippen molar-refractivity contribution in [3.63, 3.8) is 0 Å². The molecule has 1 heterocycles. The second-order valence-electron chi connectivity index (χ2n) is 2.86. The first-order chi connectivity index (χ1) is 6.18. The van der Waals surface area contributed by atoms with Gasteiger partial charge in [0.05, 0.1) is 6.54 Å². The number of ether oxygens (including phenoxy) is 1. The number of dihydropyridines is 1. The summed E-state index contributed by atoms with van der Waals surface area (Å²) in [6.45, 7) is 4.52. The van der Waals surface area contributed by atoms with Crippen LogP contribution in [0.4, 0.5) is 0 Å². The number of likely N-dealkylation sites (N-methyl/N-ethyl adjacent to an activating group) is 1. The highest BCUT2D eigenvalue weighted by atomic mass is 16.6. The number of rotatable bonds is 3. The molecular formula is C9H14N2O2. The van der Waals surface area contributed by atoms with Gasteiger partial charge < -0.3 is 4.74 Å². The van der Waals surface area contributed by atoms with Crippen molar-refractivity contribution in [2.75, 3.05) is 13.1 Å². The molecule has 0 radical (unpaired) electrons. The van der Waals surface area contributed by atoms with Gasteiger partial charge in [-0.1, -0.05) is 6.92 Å². The van der Waals surface area contributed by atoms with Gasteiger partial charge in [0.1, 0.15) is 0 Å². The third kappa shape index (κ3) is 2.66. The molecule has 1 N–H and O–H groups in total. The molecule has 0 aromatic rings. The molecule has 0 aromatic carbocycles. The quantitative estimate of drug-likeness (QED) is 0.510. The molecule has 1 rings (SSSR count). The Kier molecular flexibility index (Phi) is 3.19. The largest absolute Gasteiger partial charge is 0.438 e. The lowest BCUT2D eigenvalue weighted by molar-refractivity contribution is -0.154. The van der Waals surface area contributed by atoms with Crippen LogP contribution in [0.1, 0.15) is 13.8 Å². The van der Waals surface area contributed by atoms with Gasteiger partial charge in [-0.2, -0.15) is 0 Å². The second kappa shape index (κ2) is 4.18. The van der Waals surface area contributed by atoms with Gasteiger partial charge in [-0.3, -0.25) is 15.1 Å². The second-order valence-corrected chi connectivity index (χ2v) is 2.86. The first-order valence-electron chi connectivity index (χ1n) is 4.31. The van der Waals surface area contributed by atoms with Crippen LogP contribution in [0.2, 0.25) is 0 Å². The molecule has 0 amide bonds. The van der Waals surface area contributed by atoms with Gasteiger partial charge in [-0.05, 0) is 18.7 Å². The average Bonchev–Trinajstić information content (AvgIpc) is 2.04. The van der Waals surface area contributed by atoms with E-state index in [1.807, 2.05) is 13.0 Å². The maximum absolute atomic E-state index is 10.8. The molecule has 0 bridgehead atoms. The Morgan fingerprint density at radius 1 is 1.77 bits per heavy atom. The smallest absolute Gasteiger partial charge is 0.304 e. The fraction of sp³-hybridized carbons (Fsp3) is 0.556. The van der Waals surface area contributed by atoms with Gasteiger partial charge >= 0.3 is 5.97 Å². The summed E-state index contributed by atoms with van der Waals surface area (Å²) in [6, 6.07) is 0. The van der Waals surface area contributed by atoms with Crippen LogP contribution >= 0.6 is 0 Å². The fourth-order valence-electron chi connectivity index (χ4n) is 1.27. The Labute approximate surface area is 77.7 Å². The maximum atomic E-state index is 10.8. The van der Waals surface area contributed by atoms with Crippen LogP contribution in [-0.2, 0) is 9.53 Å². The predicted molar refractivity (Wildman–Crippen MR) is 50.7 cm³/mol. The van der Waals surface area contributed by atoms with Crippen molar-refractivity contribution in [3.8, 4) is 0 Å². The van der Waals surface area contributed by atoms with Gasteiger partial charge in [0.2, 0.25) is 5.72 Å². The number of nitrogens with one attached hydrogen (secondary N) is 1. The predicted octanol–water partition coefficient (Wildman–Crippen LogP) is 0.496. The third-order valence-electron chi connectivity index (χ3n) is 1.68. The molecule has 0 fully saturated rings. The summed E-state index contributed by atoms with van der Waals surface area (Å²) in [5, 5.41) is 3.09. The Balaban J connectivity index is 2.69. The van der Waals surface area contributed by atoms with Crippen molar-refractivity contribution in [2.24, 2.45) is 4.99 Å². The summed E-state index contributed by atoms with van der Waals surface area (Å²) >= 11 is 0. The van der Waals surface area contributed by atoms with Crippen molar-refractivity contribution in [2.45, 2.75) is 19.6 Å². The summed E-state index contributed by atoms with van der Waals surface area (Å²) in [7, 11) is 0. The van der Waals surface area contributed by atoms with E-state index in [1.165, 1.54) is 6.92 Å². The summed E-state index contributed by atoms with van der Waals surface area (Å²) in [5.74, 6) is -0.303. The van der Waals surface area contributed by atoms with E-state index in [2.05, 4.69) is 10.3 Å². The summed E-state index contributed by atoms with van der Waals surface area (Å²) in [6.07, 6.45) is 5.28. The van der Waals surface area contributed by atoms with Gasteiger partial charge in [-0.15, -0.1) is 0 Å². The number of nitrogens with zero attached hydrogens (tertiary/aromatic N) is 1. The number of hydrogen-bond donors (Lipinski definition) is 1. The van der Waals surface area contributed by atoms with Gasteiger partial charge in [0.15, 0.2) is 0 Å². The highest BCUT2D eigenvalue weighted by molar-refractivity contribution is 5.73. The van der Waals surface area contributed by atoms with E-state index in [0.29, 0.717) is 6.54 Å². The molecule has 13 heavy (non-hydrogen) atoms. The van der Waals surface area contributed by atoms with Crippen LogP contribution in [-0.4, -0.2) is 31.0 Å². The third-order valence-corrected chi connectivity index (χ3v) is 1.68. The number of esters is 1. The lowest BCUT2D eigenvalue weighted by Gasteiger charge is -2.30. The molecular weight excluding hydrogens is 168 g/mol. The zero-order chi connectivity index (χ0) is 9.73. The summed E-state index contributed by atoms with van der Waals surface area (Å²) in [4.78, 5) is 14.9. The van der Waals surface area contributed by atoms with Crippen LogP contribution in [0.15, 0.2) is 17.1 Å². The Hall–Kier alpha value is -1.16. The number of allylic oxidation sites excluding steroid dienone is 1. The monoisotopic (exact) mass is 182 g/mol. The van der Waals surface area contributed by atoms with E-state index in [9.17, 15) is 4.79 Å². The molecule has 4 nitrogen and oxygen atoms in total. The van der Waals surface area contributed by atoms with Crippen molar-refractivity contribution < 1.29 is 9.53 Å². The zero-order valence-electron chi connectivity index (χ0n) is 7.91. The van der Waals surface area contributed by atoms with Gasteiger partial charge in [-0.25, -0.2) is 0 Å². The topological polar surface area (TPSA) is 50.7 Å². The molecule has 0 saturated heterocycles. The minimum atomic E-state index is -0.727. The molecule has 0 aliphatic carbocycles. The molecule has 1 aliphatic heterocycles. The molecule has 1 unspecified atom stereocenters. The Bertz CT molecular complexity index is 248. The lowest BCUT2D eigenvalue weighted by Crippen LogP contribution is -2.50. The minimum Gasteiger partial charge on any atom is -0.438 e. The molecule has 4 heteroatoms. The maximum Gasteiger partial charge on any atom is 0.304 e. The molecule has 1 atom stereocenters. The van der Waals surface area contributed by atoms with Crippen LogP contribution < -0.4 is 5.32 Å². The number of aliphatic imine (C=N–C) groups is 1. The first kappa shape index (κ1) is 9.92. The minimum absolute atomic E-state index is 0.303. The molecule has 0 aromatic heterocycles. The van der Waals surface area contributed by atoms with Gasteiger partial charge in [0.25, 0.3) is 0 Å². The van der Waals surface area contributed by atoms with E-state index in [-0.39, 0.29) is 5.97 Å². The highest BCUT2D eigenvalue weighted by Gasteiger charge is 2.29. The standard InChI is InChI=1S/C9H14N2O2/c1-3-11-9(13-8(2)12)5-4-6-10-7-9/h4-6,11H,3,7H2,1-2H3. The molecule has 0 spiro atoms. The van der Waals surface area contributed by atoms with E-state index < -0.39 is 5.72 Å². The van der Waals surface area contributed by atoms with E-state index in [1.54, 1.807) is 12.3 Å². The molecule has 1 aliphatic rings. The van der Waals surface area contributed by atoms with Crippen LogP contribution in [0, 0.1) is 0 Å². The van der Waals surface area contributed by atoms with Crippen LogP contribution in [0.5, 0.6) is 0 Å². The molecule has 72 valence electrons. The number of carbonyl (C=O) groups excluding carboxylic acids is 1. The first-order valence-corrected chi connectivity index (χ1v) is 4.31. The number of hydrogen-bond acceptors (Lipinski definition) is 4. The average molecular weight is 182 g/mol. The summed E-state index contributed by atoms with van der Waals surface area (Å²) < 4.78 is 5.17.